The number of hydrogen-bond donors (Lipinski definition) is 0. The fourth-order valence-corrected chi connectivity index (χ4v) is 2.19. The van der Waals surface area contributed by atoms with Crippen molar-refractivity contribution >= 4 is 22.6 Å². The van der Waals surface area contributed by atoms with E-state index >= 15 is 0 Å². The van der Waals surface area contributed by atoms with E-state index in [1.54, 1.807) is 0 Å². The maximum Gasteiger partial charge on any atom is 0.163 e. The Morgan fingerprint density at radius 3 is 2.35 bits per heavy atom. The van der Waals surface area contributed by atoms with Crippen LogP contribution in [0, 0.1) is 15.2 Å². The van der Waals surface area contributed by atoms with E-state index in [0.717, 1.165) is 12.4 Å². The minimum atomic E-state index is -0.543. The maximum atomic E-state index is 13.3. The van der Waals surface area contributed by atoms with Crippen LogP contribution in [0.15, 0.2) is 24.5 Å². The zero-order valence-electron chi connectivity index (χ0n) is 8.75. The van der Waals surface area contributed by atoms with E-state index in [1.165, 1.54) is 19.2 Å². The fourth-order valence-electron chi connectivity index (χ4n) is 1.39. The molecule has 0 amide bonds. The number of rotatable bonds is 2. The van der Waals surface area contributed by atoms with Gasteiger partial charge in [0.2, 0.25) is 0 Å². The molecule has 0 unspecified atom stereocenters. The standard InChI is InChI=1S/C11H7F2IN2O/c1-17-10-8(2-6(12)3-9(10)14)11-15-4-7(13)5-16-11/h2-5H,1H3. The summed E-state index contributed by atoms with van der Waals surface area (Å²) in [6.45, 7) is 0. The summed E-state index contributed by atoms with van der Waals surface area (Å²) < 4.78 is 31.8. The molecule has 0 N–H and O–H groups in total. The molecule has 17 heavy (non-hydrogen) atoms. The molecule has 3 nitrogen and oxygen atoms in total. The third kappa shape index (κ3) is 2.51. The van der Waals surface area contributed by atoms with Crippen LogP contribution < -0.4 is 4.74 Å². The van der Waals surface area contributed by atoms with Crippen LogP contribution in [0.1, 0.15) is 0 Å². The molecule has 88 valence electrons. The van der Waals surface area contributed by atoms with Crippen LogP contribution in [0.25, 0.3) is 11.4 Å². The first kappa shape index (κ1) is 12.2. The third-order valence-corrected chi connectivity index (χ3v) is 2.88. The van der Waals surface area contributed by atoms with Crippen LogP contribution in [0.5, 0.6) is 5.75 Å². The zero-order valence-corrected chi connectivity index (χ0v) is 10.9. The predicted octanol–water partition coefficient (Wildman–Crippen LogP) is 3.04. The van der Waals surface area contributed by atoms with Crippen molar-refractivity contribution in [3.05, 3.63) is 39.7 Å². The first-order valence-corrected chi connectivity index (χ1v) is 5.70. The van der Waals surface area contributed by atoms with Gasteiger partial charge in [0.15, 0.2) is 11.6 Å². The highest BCUT2D eigenvalue weighted by Gasteiger charge is 2.14. The quantitative estimate of drug-likeness (QED) is 0.783. The molecule has 0 aliphatic rings. The number of hydrogen-bond acceptors (Lipinski definition) is 3. The summed E-state index contributed by atoms with van der Waals surface area (Å²) in [5.41, 5.74) is 0.400. The van der Waals surface area contributed by atoms with Crippen molar-refractivity contribution in [2.45, 2.75) is 0 Å². The van der Waals surface area contributed by atoms with Crippen molar-refractivity contribution in [2.24, 2.45) is 0 Å². The van der Waals surface area contributed by atoms with E-state index in [9.17, 15) is 8.78 Å². The topological polar surface area (TPSA) is 35.0 Å². The Bertz CT molecular complexity index is 546. The van der Waals surface area contributed by atoms with Crippen molar-refractivity contribution in [2.75, 3.05) is 7.11 Å². The summed E-state index contributed by atoms with van der Waals surface area (Å²) in [6, 6.07) is 2.60. The molecule has 0 bridgehead atoms. The normalized spacial score (nSPS) is 10.4. The van der Waals surface area contributed by atoms with Crippen molar-refractivity contribution in [1.82, 2.24) is 9.97 Å². The molecule has 0 fully saturated rings. The van der Waals surface area contributed by atoms with Crippen LogP contribution in [-0.4, -0.2) is 17.1 Å². The molecule has 0 atom stereocenters. The smallest absolute Gasteiger partial charge is 0.163 e. The number of nitrogens with zero attached hydrogens (tertiary/aromatic N) is 2. The van der Waals surface area contributed by atoms with Crippen LogP contribution in [0.2, 0.25) is 0 Å². The van der Waals surface area contributed by atoms with Crippen LogP contribution in [-0.2, 0) is 0 Å². The van der Waals surface area contributed by atoms with E-state index in [-0.39, 0.29) is 5.82 Å². The summed E-state index contributed by atoms with van der Waals surface area (Å²) in [7, 11) is 1.47. The van der Waals surface area contributed by atoms with Crippen molar-refractivity contribution in [3.8, 4) is 17.1 Å². The predicted molar refractivity (Wildman–Crippen MR) is 66.7 cm³/mol. The van der Waals surface area contributed by atoms with Gasteiger partial charge in [-0.15, -0.1) is 0 Å². The van der Waals surface area contributed by atoms with Crippen molar-refractivity contribution < 1.29 is 13.5 Å². The van der Waals surface area contributed by atoms with Crippen molar-refractivity contribution in [3.63, 3.8) is 0 Å². The average Bonchev–Trinajstić information content (AvgIpc) is 2.29. The molecule has 2 aromatic rings. The number of halogens is 3. The monoisotopic (exact) mass is 348 g/mol. The van der Waals surface area contributed by atoms with Crippen LogP contribution in [0.3, 0.4) is 0 Å². The van der Waals surface area contributed by atoms with Gasteiger partial charge in [0.1, 0.15) is 11.6 Å². The average molecular weight is 348 g/mol. The second kappa shape index (κ2) is 4.91. The summed E-state index contributed by atoms with van der Waals surface area (Å²) in [6.07, 6.45) is 2.05. The Hall–Kier alpha value is -1.31. The molecule has 1 heterocycles. The Kier molecular flexibility index (Phi) is 3.51. The summed E-state index contributed by atoms with van der Waals surface area (Å²) in [5, 5.41) is 0. The van der Waals surface area contributed by atoms with Gasteiger partial charge >= 0.3 is 0 Å². The van der Waals surface area contributed by atoms with Gasteiger partial charge in [-0.1, -0.05) is 0 Å². The van der Waals surface area contributed by atoms with Gasteiger partial charge in [-0.2, -0.15) is 0 Å². The van der Waals surface area contributed by atoms with Crippen LogP contribution >= 0.6 is 22.6 Å². The van der Waals surface area contributed by atoms with E-state index in [1.807, 2.05) is 22.6 Å². The summed E-state index contributed by atoms with van der Waals surface area (Å²) in [5.74, 6) is -0.267. The third-order valence-electron chi connectivity index (χ3n) is 2.07. The molecule has 1 aromatic carbocycles. The molecule has 6 heteroatoms. The molecule has 1 aromatic heterocycles. The largest absolute Gasteiger partial charge is 0.495 e. The zero-order chi connectivity index (χ0) is 12.4. The van der Waals surface area contributed by atoms with Gasteiger partial charge in [0.05, 0.1) is 28.6 Å². The Morgan fingerprint density at radius 2 is 1.76 bits per heavy atom. The lowest BCUT2D eigenvalue weighted by atomic mass is 10.2. The lowest BCUT2D eigenvalue weighted by Gasteiger charge is -2.09. The van der Waals surface area contributed by atoms with Gasteiger partial charge in [-0.05, 0) is 34.7 Å². The highest BCUT2D eigenvalue weighted by Crippen LogP contribution is 2.32. The Morgan fingerprint density at radius 1 is 1.12 bits per heavy atom. The van der Waals surface area contributed by atoms with Crippen molar-refractivity contribution in [1.29, 1.82) is 0 Å². The molecule has 0 spiro atoms. The van der Waals surface area contributed by atoms with E-state index in [0.29, 0.717) is 14.9 Å². The van der Waals surface area contributed by atoms with E-state index < -0.39 is 11.6 Å². The molecule has 2 rings (SSSR count). The lowest BCUT2D eigenvalue weighted by Crippen LogP contribution is -1.97. The molecule has 0 saturated carbocycles. The summed E-state index contributed by atoms with van der Waals surface area (Å²) in [4.78, 5) is 7.61. The molecule has 0 radical (unpaired) electrons. The highest BCUT2D eigenvalue weighted by atomic mass is 127. The minimum absolute atomic E-state index is 0.223. The number of ether oxygens (including phenoxy) is 1. The lowest BCUT2D eigenvalue weighted by molar-refractivity contribution is 0.412. The SMILES string of the molecule is COc1c(I)cc(F)cc1-c1ncc(F)cn1. The van der Waals surface area contributed by atoms with Gasteiger partial charge in [0, 0.05) is 0 Å². The summed E-state index contributed by atoms with van der Waals surface area (Å²) >= 11 is 1.95. The van der Waals surface area contributed by atoms with Gasteiger partial charge in [0.25, 0.3) is 0 Å². The highest BCUT2D eigenvalue weighted by molar-refractivity contribution is 14.1. The Labute approximate surface area is 110 Å². The van der Waals surface area contributed by atoms with Gasteiger partial charge < -0.3 is 4.74 Å². The minimum Gasteiger partial charge on any atom is -0.495 e. The fraction of sp³-hybridized carbons (Fsp3) is 0.0909. The number of methoxy groups -OCH3 is 1. The first-order chi connectivity index (χ1) is 8.11. The number of benzene rings is 1. The molecule has 0 aliphatic carbocycles. The molecular formula is C11H7F2IN2O. The second-order valence-corrected chi connectivity index (χ2v) is 4.36. The second-order valence-electron chi connectivity index (χ2n) is 3.19. The van der Waals surface area contributed by atoms with Crippen LogP contribution in [0.4, 0.5) is 8.78 Å². The molecule has 0 saturated heterocycles. The van der Waals surface area contributed by atoms with E-state index in [4.69, 9.17) is 4.74 Å². The number of aromatic nitrogens is 2. The maximum absolute atomic E-state index is 13.3. The van der Waals surface area contributed by atoms with Gasteiger partial charge in [-0.3, -0.25) is 0 Å². The Balaban J connectivity index is 2.61. The van der Waals surface area contributed by atoms with Gasteiger partial charge in [-0.25, -0.2) is 18.7 Å². The first-order valence-electron chi connectivity index (χ1n) is 4.62. The van der Waals surface area contributed by atoms with E-state index in [2.05, 4.69) is 9.97 Å². The molecule has 0 aliphatic heterocycles. The molecular weight excluding hydrogens is 341 g/mol.